The molecule has 0 saturated carbocycles. The maximum atomic E-state index is 11.6. The van der Waals surface area contributed by atoms with Gasteiger partial charge in [-0.25, -0.2) is 13.4 Å². The number of aromatic nitrogens is 5. The van der Waals surface area contributed by atoms with Crippen LogP contribution >= 0.6 is 11.3 Å². The predicted octanol–water partition coefficient (Wildman–Crippen LogP) is 1.46. The molecule has 0 aliphatic carbocycles. The molecule has 0 amide bonds. The summed E-state index contributed by atoms with van der Waals surface area (Å²) in [6.45, 7) is 3.22. The molecule has 0 radical (unpaired) electrons. The summed E-state index contributed by atoms with van der Waals surface area (Å²) in [4.78, 5) is 6.79. The third-order valence-corrected chi connectivity index (χ3v) is 5.50. The zero-order valence-corrected chi connectivity index (χ0v) is 15.8. The van der Waals surface area contributed by atoms with Crippen molar-refractivity contribution < 1.29 is 8.42 Å². The SMILES string of the molecule is Cc1nc(CN(C)Cc2nnnn2-c2ccc(S(C)(=O)=O)cc2)cs1. The number of benzene rings is 1. The van der Waals surface area contributed by atoms with Crippen LogP contribution in [-0.2, 0) is 22.9 Å². The lowest BCUT2D eigenvalue weighted by Gasteiger charge is -2.14. The predicted molar refractivity (Wildman–Crippen MR) is 94.3 cm³/mol. The highest BCUT2D eigenvalue weighted by molar-refractivity contribution is 7.90. The molecule has 0 N–H and O–H groups in total. The summed E-state index contributed by atoms with van der Waals surface area (Å²) >= 11 is 1.63. The summed E-state index contributed by atoms with van der Waals surface area (Å²) in [5.74, 6) is 0.668. The fraction of sp³-hybridized carbons (Fsp3) is 0.333. The Morgan fingerprint density at radius 3 is 2.52 bits per heavy atom. The minimum absolute atomic E-state index is 0.266. The van der Waals surface area contributed by atoms with Gasteiger partial charge in [0.15, 0.2) is 15.7 Å². The van der Waals surface area contributed by atoms with Gasteiger partial charge in [0, 0.05) is 18.2 Å². The number of thiazole rings is 1. The first-order chi connectivity index (χ1) is 11.8. The monoisotopic (exact) mass is 378 g/mol. The molecule has 0 atom stereocenters. The Balaban J connectivity index is 1.76. The molecular weight excluding hydrogens is 360 g/mol. The standard InChI is InChI=1S/C15H18N6O2S2/c1-11-16-12(10-24-11)8-20(2)9-15-17-18-19-21(15)13-4-6-14(7-5-13)25(3,22)23/h4-7,10H,8-9H2,1-3H3. The van der Waals surface area contributed by atoms with Crippen molar-refractivity contribution in [3.8, 4) is 5.69 Å². The minimum atomic E-state index is -3.23. The van der Waals surface area contributed by atoms with E-state index in [-0.39, 0.29) is 4.90 Å². The molecule has 132 valence electrons. The average molecular weight is 378 g/mol. The number of rotatable bonds is 6. The summed E-state index contributed by atoms with van der Waals surface area (Å²) in [5.41, 5.74) is 1.73. The Hall–Kier alpha value is -2.17. The summed E-state index contributed by atoms with van der Waals surface area (Å²) in [5, 5.41) is 14.9. The van der Waals surface area contributed by atoms with E-state index < -0.39 is 9.84 Å². The van der Waals surface area contributed by atoms with Gasteiger partial charge in [-0.2, -0.15) is 4.68 Å². The molecular formula is C15H18N6O2S2. The van der Waals surface area contributed by atoms with E-state index in [0.29, 0.717) is 24.6 Å². The Bertz CT molecular complexity index is 962. The first kappa shape index (κ1) is 17.6. The van der Waals surface area contributed by atoms with Crippen molar-refractivity contribution in [2.75, 3.05) is 13.3 Å². The minimum Gasteiger partial charge on any atom is -0.293 e. The molecule has 0 unspecified atom stereocenters. The number of sulfone groups is 1. The summed E-state index contributed by atoms with van der Waals surface area (Å²) in [6, 6.07) is 6.50. The summed E-state index contributed by atoms with van der Waals surface area (Å²) in [7, 11) is -1.25. The molecule has 0 bridgehead atoms. The van der Waals surface area contributed by atoms with E-state index in [2.05, 4.69) is 25.4 Å². The van der Waals surface area contributed by atoms with Gasteiger partial charge >= 0.3 is 0 Å². The van der Waals surface area contributed by atoms with E-state index >= 15 is 0 Å². The fourth-order valence-corrected chi connectivity index (χ4v) is 3.63. The van der Waals surface area contributed by atoms with Crippen LogP contribution in [0.3, 0.4) is 0 Å². The van der Waals surface area contributed by atoms with Crippen molar-refractivity contribution in [3.05, 3.63) is 46.2 Å². The van der Waals surface area contributed by atoms with Crippen LogP contribution in [0.2, 0.25) is 0 Å². The van der Waals surface area contributed by atoms with Gasteiger partial charge in [-0.05, 0) is 48.7 Å². The number of nitrogens with zero attached hydrogens (tertiary/aromatic N) is 6. The highest BCUT2D eigenvalue weighted by atomic mass is 32.2. The van der Waals surface area contributed by atoms with E-state index in [1.165, 1.54) is 6.26 Å². The molecule has 8 nitrogen and oxygen atoms in total. The number of hydrogen-bond donors (Lipinski definition) is 0. The lowest BCUT2D eigenvalue weighted by Crippen LogP contribution is -2.20. The second kappa shape index (κ2) is 6.98. The fourth-order valence-electron chi connectivity index (χ4n) is 2.39. The summed E-state index contributed by atoms with van der Waals surface area (Å²) in [6.07, 6.45) is 1.18. The van der Waals surface area contributed by atoms with Crippen molar-refractivity contribution in [2.45, 2.75) is 24.9 Å². The number of hydrogen-bond acceptors (Lipinski definition) is 8. The zero-order chi connectivity index (χ0) is 18.0. The van der Waals surface area contributed by atoms with Crippen LogP contribution < -0.4 is 0 Å². The van der Waals surface area contributed by atoms with E-state index in [4.69, 9.17) is 0 Å². The zero-order valence-electron chi connectivity index (χ0n) is 14.1. The molecule has 10 heteroatoms. The Labute approximate surface area is 150 Å². The Morgan fingerprint density at radius 1 is 1.20 bits per heavy atom. The van der Waals surface area contributed by atoms with Crippen LogP contribution in [0, 0.1) is 6.92 Å². The van der Waals surface area contributed by atoms with Gasteiger partial charge in [0.05, 0.1) is 27.8 Å². The van der Waals surface area contributed by atoms with Gasteiger partial charge in [0.2, 0.25) is 0 Å². The molecule has 0 aliphatic rings. The molecule has 2 aromatic heterocycles. The van der Waals surface area contributed by atoms with Crippen LogP contribution in [0.15, 0.2) is 34.5 Å². The van der Waals surface area contributed by atoms with Crippen molar-refractivity contribution in [3.63, 3.8) is 0 Å². The molecule has 1 aromatic carbocycles. The van der Waals surface area contributed by atoms with E-state index in [1.54, 1.807) is 40.3 Å². The van der Waals surface area contributed by atoms with E-state index in [0.717, 1.165) is 10.7 Å². The molecule has 0 aliphatic heterocycles. The van der Waals surface area contributed by atoms with Crippen molar-refractivity contribution in [2.24, 2.45) is 0 Å². The highest BCUT2D eigenvalue weighted by Gasteiger charge is 2.13. The third-order valence-electron chi connectivity index (χ3n) is 3.55. The van der Waals surface area contributed by atoms with Crippen molar-refractivity contribution in [1.29, 1.82) is 0 Å². The van der Waals surface area contributed by atoms with Gasteiger partial charge < -0.3 is 0 Å². The quantitative estimate of drug-likeness (QED) is 0.641. The van der Waals surface area contributed by atoms with Crippen LogP contribution in [-0.4, -0.2) is 51.8 Å². The van der Waals surface area contributed by atoms with Crippen molar-refractivity contribution >= 4 is 21.2 Å². The largest absolute Gasteiger partial charge is 0.293 e. The van der Waals surface area contributed by atoms with Gasteiger partial charge in [0.25, 0.3) is 0 Å². The van der Waals surface area contributed by atoms with E-state index in [9.17, 15) is 8.42 Å². The lowest BCUT2D eigenvalue weighted by molar-refractivity contribution is 0.304. The van der Waals surface area contributed by atoms with Gasteiger partial charge in [-0.3, -0.25) is 4.90 Å². The van der Waals surface area contributed by atoms with Gasteiger partial charge in [0.1, 0.15) is 0 Å². The van der Waals surface area contributed by atoms with Crippen molar-refractivity contribution in [1.82, 2.24) is 30.1 Å². The highest BCUT2D eigenvalue weighted by Crippen LogP contribution is 2.15. The molecule has 0 saturated heterocycles. The van der Waals surface area contributed by atoms with Crippen LogP contribution in [0.5, 0.6) is 0 Å². The van der Waals surface area contributed by atoms with Gasteiger partial charge in [-0.1, -0.05) is 0 Å². The van der Waals surface area contributed by atoms with Gasteiger partial charge in [-0.15, -0.1) is 16.4 Å². The lowest BCUT2D eigenvalue weighted by atomic mass is 10.3. The van der Waals surface area contributed by atoms with E-state index in [1.807, 2.05) is 19.4 Å². The van der Waals surface area contributed by atoms with Crippen LogP contribution in [0.25, 0.3) is 5.69 Å². The second-order valence-corrected chi connectivity index (χ2v) is 8.88. The van der Waals surface area contributed by atoms with Crippen LogP contribution in [0.1, 0.15) is 16.5 Å². The first-order valence-corrected chi connectivity index (χ1v) is 10.3. The van der Waals surface area contributed by atoms with Crippen LogP contribution in [0.4, 0.5) is 0 Å². The maximum absolute atomic E-state index is 11.6. The topological polar surface area (TPSA) is 93.9 Å². The third kappa shape index (κ3) is 4.27. The Morgan fingerprint density at radius 2 is 1.92 bits per heavy atom. The second-order valence-electron chi connectivity index (χ2n) is 5.80. The average Bonchev–Trinajstić information content (AvgIpc) is 3.15. The molecule has 2 heterocycles. The number of aryl methyl sites for hydroxylation is 1. The normalized spacial score (nSPS) is 12.0. The molecule has 0 fully saturated rings. The molecule has 25 heavy (non-hydrogen) atoms. The maximum Gasteiger partial charge on any atom is 0.175 e. The molecule has 3 rings (SSSR count). The first-order valence-electron chi connectivity index (χ1n) is 7.50. The number of tetrazole rings is 1. The Kier molecular flexibility index (Phi) is 4.93. The summed E-state index contributed by atoms with van der Waals surface area (Å²) < 4.78 is 24.7. The smallest absolute Gasteiger partial charge is 0.175 e. The molecule has 3 aromatic rings. The molecule has 0 spiro atoms.